The van der Waals surface area contributed by atoms with Gasteiger partial charge in [-0.25, -0.2) is 4.39 Å². The van der Waals surface area contributed by atoms with Crippen LogP contribution in [0.4, 0.5) is 21.5 Å². The van der Waals surface area contributed by atoms with Crippen LogP contribution in [0.15, 0.2) is 42.5 Å². The summed E-state index contributed by atoms with van der Waals surface area (Å²) in [5.74, 6) is -0.504. The summed E-state index contributed by atoms with van der Waals surface area (Å²) in [5.41, 5.74) is 8.28. The average molecular weight is 273 g/mol. The van der Waals surface area contributed by atoms with Gasteiger partial charge in [0.05, 0.1) is 11.3 Å². The monoisotopic (exact) mass is 273 g/mol. The Labute approximate surface area is 117 Å². The highest BCUT2D eigenvalue weighted by Crippen LogP contribution is 2.29. The third kappa shape index (κ3) is 2.71. The van der Waals surface area contributed by atoms with Crippen molar-refractivity contribution in [2.45, 2.75) is 0 Å². The molecule has 0 aromatic heterocycles. The first kappa shape index (κ1) is 13.9. The molecule has 3 N–H and O–H groups in total. The number of amides is 1. The molecule has 0 radical (unpaired) electrons. The summed E-state index contributed by atoms with van der Waals surface area (Å²) in [6.07, 6.45) is 0. The van der Waals surface area contributed by atoms with Gasteiger partial charge in [0, 0.05) is 25.5 Å². The standard InChI is InChI=1S/C15H16FN3O/c1-18-15(20)13-8-5-11(17)9-14(13)19(2)12-6-3-10(16)4-7-12/h3-9H,17H2,1-2H3,(H,18,20). The number of hydrogen-bond acceptors (Lipinski definition) is 3. The van der Waals surface area contributed by atoms with Crippen molar-refractivity contribution in [1.29, 1.82) is 0 Å². The topological polar surface area (TPSA) is 58.4 Å². The van der Waals surface area contributed by atoms with Crippen molar-refractivity contribution >= 4 is 23.0 Å². The molecule has 2 aromatic rings. The second-order valence-corrected chi connectivity index (χ2v) is 4.39. The number of nitrogens with one attached hydrogen (secondary N) is 1. The van der Waals surface area contributed by atoms with Gasteiger partial charge in [0.15, 0.2) is 0 Å². The van der Waals surface area contributed by atoms with E-state index in [9.17, 15) is 9.18 Å². The molecule has 0 aliphatic heterocycles. The van der Waals surface area contributed by atoms with Crippen molar-refractivity contribution in [3.63, 3.8) is 0 Å². The second-order valence-electron chi connectivity index (χ2n) is 4.39. The zero-order chi connectivity index (χ0) is 14.7. The molecule has 5 heteroatoms. The van der Waals surface area contributed by atoms with Gasteiger partial charge in [0.2, 0.25) is 0 Å². The van der Waals surface area contributed by atoms with Crippen LogP contribution in [0.1, 0.15) is 10.4 Å². The Morgan fingerprint density at radius 3 is 2.45 bits per heavy atom. The maximum atomic E-state index is 13.0. The van der Waals surface area contributed by atoms with Crippen LogP contribution >= 0.6 is 0 Å². The van der Waals surface area contributed by atoms with Gasteiger partial charge in [-0.05, 0) is 42.5 Å². The minimum Gasteiger partial charge on any atom is -0.399 e. The quantitative estimate of drug-likeness (QED) is 0.845. The first-order valence-corrected chi connectivity index (χ1v) is 6.14. The molecule has 0 saturated carbocycles. The highest BCUT2D eigenvalue weighted by atomic mass is 19.1. The fourth-order valence-electron chi connectivity index (χ4n) is 1.96. The molecule has 0 atom stereocenters. The minimum absolute atomic E-state index is 0.200. The molecule has 2 rings (SSSR count). The summed E-state index contributed by atoms with van der Waals surface area (Å²) >= 11 is 0. The number of halogens is 1. The molecule has 0 bridgehead atoms. The van der Waals surface area contributed by atoms with Gasteiger partial charge in [-0.3, -0.25) is 4.79 Å². The van der Waals surface area contributed by atoms with Crippen molar-refractivity contribution in [3.05, 3.63) is 53.8 Å². The van der Waals surface area contributed by atoms with Crippen molar-refractivity contribution in [1.82, 2.24) is 5.32 Å². The molecule has 0 fully saturated rings. The molecule has 104 valence electrons. The maximum absolute atomic E-state index is 13.0. The Morgan fingerprint density at radius 2 is 1.85 bits per heavy atom. The Balaban J connectivity index is 2.47. The summed E-state index contributed by atoms with van der Waals surface area (Å²) in [7, 11) is 3.37. The van der Waals surface area contributed by atoms with Gasteiger partial charge in [-0.15, -0.1) is 0 Å². The van der Waals surface area contributed by atoms with E-state index in [2.05, 4.69) is 5.32 Å². The molecule has 20 heavy (non-hydrogen) atoms. The number of anilines is 3. The van der Waals surface area contributed by atoms with E-state index in [0.717, 1.165) is 5.69 Å². The van der Waals surface area contributed by atoms with E-state index in [1.54, 1.807) is 49.3 Å². The lowest BCUT2D eigenvalue weighted by Crippen LogP contribution is -2.22. The van der Waals surface area contributed by atoms with E-state index in [4.69, 9.17) is 5.73 Å². The largest absolute Gasteiger partial charge is 0.399 e. The number of benzene rings is 2. The first-order valence-electron chi connectivity index (χ1n) is 6.14. The van der Waals surface area contributed by atoms with Crippen LogP contribution in [0.3, 0.4) is 0 Å². The Morgan fingerprint density at radius 1 is 1.20 bits per heavy atom. The number of hydrogen-bond donors (Lipinski definition) is 2. The summed E-state index contributed by atoms with van der Waals surface area (Å²) in [6, 6.07) is 11.1. The molecule has 0 saturated heterocycles. The summed E-state index contributed by atoms with van der Waals surface area (Å²) in [4.78, 5) is 13.7. The number of carbonyl (C=O) groups is 1. The zero-order valence-electron chi connectivity index (χ0n) is 11.4. The third-order valence-electron chi connectivity index (χ3n) is 3.07. The summed E-state index contributed by atoms with van der Waals surface area (Å²) < 4.78 is 13.0. The van der Waals surface area contributed by atoms with Crippen molar-refractivity contribution < 1.29 is 9.18 Å². The van der Waals surface area contributed by atoms with Crippen LogP contribution in [0.5, 0.6) is 0 Å². The van der Waals surface area contributed by atoms with Crippen LogP contribution in [0, 0.1) is 5.82 Å². The predicted octanol–water partition coefficient (Wildman–Crippen LogP) is 2.54. The number of nitrogens with two attached hydrogens (primary N) is 1. The van der Waals surface area contributed by atoms with Gasteiger partial charge in [-0.1, -0.05) is 0 Å². The average Bonchev–Trinajstić information content (AvgIpc) is 2.46. The molecule has 0 aliphatic rings. The molecule has 1 amide bonds. The third-order valence-corrected chi connectivity index (χ3v) is 3.07. The minimum atomic E-state index is -0.304. The van der Waals surface area contributed by atoms with E-state index in [1.165, 1.54) is 12.1 Å². The van der Waals surface area contributed by atoms with Gasteiger partial charge in [-0.2, -0.15) is 0 Å². The van der Waals surface area contributed by atoms with E-state index in [-0.39, 0.29) is 11.7 Å². The van der Waals surface area contributed by atoms with Crippen LogP contribution < -0.4 is 16.0 Å². The second kappa shape index (κ2) is 5.61. The number of nitrogen functional groups attached to an aromatic ring is 1. The fraction of sp³-hybridized carbons (Fsp3) is 0.133. The van der Waals surface area contributed by atoms with Gasteiger partial charge in [0.25, 0.3) is 5.91 Å². The Bertz CT molecular complexity index is 626. The van der Waals surface area contributed by atoms with Crippen LogP contribution in [0.2, 0.25) is 0 Å². The molecule has 4 nitrogen and oxygen atoms in total. The van der Waals surface area contributed by atoms with Crippen molar-refractivity contribution in [2.24, 2.45) is 0 Å². The summed E-state index contributed by atoms with van der Waals surface area (Å²) in [6.45, 7) is 0. The van der Waals surface area contributed by atoms with Crippen molar-refractivity contribution in [3.8, 4) is 0 Å². The van der Waals surface area contributed by atoms with Gasteiger partial charge in [0.1, 0.15) is 5.82 Å². The van der Waals surface area contributed by atoms with E-state index in [0.29, 0.717) is 16.9 Å². The molecule has 0 unspecified atom stereocenters. The smallest absolute Gasteiger partial charge is 0.253 e. The summed E-state index contributed by atoms with van der Waals surface area (Å²) in [5, 5.41) is 2.59. The molecule has 0 heterocycles. The number of nitrogens with zero attached hydrogens (tertiary/aromatic N) is 1. The van der Waals surface area contributed by atoms with Gasteiger partial charge >= 0.3 is 0 Å². The van der Waals surface area contributed by atoms with E-state index >= 15 is 0 Å². The molecular weight excluding hydrogens is 257 g/mol. The normalized spacial score (nSPS) is 10.2. The van der Waals surface area contributed by atoms with E-state index < -0.39 is 0 Å². The number of rotatable bonds is 3. The van der Waals surface area contributed by atoms with Crippen LogP contribution in [0.25, 0.3) is 0 Å². The Kier molecular flexibility index (Phi) is 3.89. The molecule has 0 spiro atoms. The predicted molar refractivity (Wildman–Crippen MR) is 78.7 cm³/mol. The lowest BCUT2D eigenvalue weighted by molar-refractivity contribution is 0.0963. The van der Waals surface area contributed by atoms with Gasteiger partial charge < -0.3 is 16.0 Å². The SMILES string of the molecule is CNC(=O)c1ccc(N)cc1N(C)c1ccc(F)cc1. The molecular formula is C15H16FN3O. The highest BCUT2D eigenvalue weighted by molar-refractivity contribution is 6.01. The van der Waals surface area contributed by atoms with Crippen LogP contribution in [-0.2, 0) is 0 Å². The lowest BCUT2D eigenvalue weighted by atomic mass is 10.1. The fourth-order valence-corrected chi connectivity index (χ4v) is 1.96. The highest BCUT2D eigenvalue weighted by Gasteiger charge is 2.15. The molecule has 0 aliphatic carbocycles. The van der Waals surface area contributed by atoms with Crippen LogP contribution in [-0.4, -0.2) is 20.0 Å². The maximum Gasteiger partial charge on any atom is 0.253 e. The molecule has 2 aromatic carbocycles. The Hall–Kier alpha value is -2.56. The lowest BCUT2D eigenvalue weighted by Gasteiger charge is -2.22. The van der Waals surface area contributed by atoms with Crippen molar-refractivity contribution in [2.75, 3.05) is 24.7 Å². The first-order chi connectivity index (χ1) is 9.52. The number of carbonyl (C=O) groups excluding carboxylic acids is 1. The zero-order valence-corrected chi connectivity index (χ0v) is 11.4. The van der Waals surface area contributed by atoms with E-state index in [1.807, 2.05) is 0 Å².